The van der Waals surface area contributed by atoms with Crippen molar-refractivity contribution in [2.24, 2.45) is 7.05 Å². The number of aryl methyl sites for hydroxylation is 1. The Morgan fingerprint density at radius 3 is 2.84 bits per heavy atom. The van der Waals surface area contributed by atoms with Gasteiger partial charge in [-0.25, -0.2) is 4.98 Å². The van der Waals surface area contributed by atoms with Crippen LogP contribution in [0.15, 0.2) is 47.5 Å². The van der Waals surface area contributed by atoms with E-state index < -0.39 is 0 Å². The van der Waals surface area contributed by atoms with Gasteiger partial charge in [-0.2, -0.15) is 0 Å². The molecule has 0 N–H and O–H groups in total. The first-order valence-electron chi connectivity index (χ1n) is 7.94. The van der Waals surface area contributed by atoms with Gasteiger partial charge in [0.2, 0.25) is 0 Å². The van der Waals surface area contributed by atoms with Gasteiger partial charge in [-0.1, -0.05) is 18.2 Å². The number of ether oxygens (including phenoxy) is 1. The van der Waals surface area contributed by atoms with Crippen molar-refractivity contribution in [3.05, 3.63) is 53.2 Å². The maximum atomic E-state index is 5.46. The van der Waals surface area contributed by atoms with Gasteiger partial charge in [0.05, 0.1) is 22.2 Å². The smallest absolute Gasteiger partial charge is 0.134 e. The van der Waals surface area contributed by atoms with Crippen LogP contribution < -0.4 is 4.74 Å². The van der Waals surface area contributed by atoms with Gasteiger partial charge >= 0.3 is 0 Å². The van der Waals surface area contributed by atoms with Gasteiger partial charge in [0, 0.05) is 35.8 Å². The average Bonchev–Trinajstić information content (AvgIpc) is 3.19. The zero-order valence-corrected chi connectivity index (χ0v) is 15.9. The van der Waals surface area contributed by atoms with E-state index in [2.05, 4.69) is 66.6 Å². The second kappa shape index (κ2) is 6.58. The first kappa shape index (κ1) is 16.2. The van der Waals surface area contributed by atoms with Gasteiger partial charge in [0.1, 0.15) is 10.8 Å². The Hall–Kier alpha value is -2.24. The molecule has 0 aliphatic heterocycles. The van der Waals surface area contributed by atoms with Crippen LogP contribution in [0.5, 0.6) is 5.75 Å². The molecule has 0 spiro atoms. The van der Waals surface area contributed by atoms with E-state index in [0.717, 1.165) is 21.2 Å². The quantitative estimate of drug-likeness (QED) is 0.434. The number of hydrogen-bond acceptors (Lipinski definition) is 4. The number of nitrogens with zero attached hydrogens (tertiary/aromatic N) is 2. The number of fused-ring (bicyclic) bond motifs is 2. The van der Waals surface area contributed by atoms with Crippen LogP contribution in [-0.4, -0.2) is 22.9 Å². The van der Waals surface area contributed by atoms with Gasteiger partial charge in [-0.15, -0.1) is 23.1 Å². The summed E-state index contributed by atoms with van der Waals surface area (Å²) in [5, 5.41) is 2.26. The van der Waals surface area contributed by atoms with Crippen molar-refractivity contribution in [3.8, 4) is 5.75 Å². The summed E-state index contributed by atoms with van der Waals surface area (Å²) in [5.41, 5.74) is 3.43. The molecule has 4 rings (SSSR count). The summed E-state index contributed by atoms with van der Waals surface area (Å²) in [6, 6.07) is 12.6. The van der Waals surface area contributed by atoms with E-state index in [1.54, 1.807) is 30.2 Å². The van der Waals surface area contributed by atoms with Crippen molar-refractivity contribution in [1.29, 1.82) is 0 Å². The van der Waals surface area contributed by atoms with Crippen LogP contribution in [0, 0.1) is 0 Å². The highest BCUT2D eigenvalue weighted by atomic mass is 32.2. The zero-order chi connectivity index (χ0) is 17.4. The molecule has 0 bridgehead atoms. The van der Waals surface area contributed by atoms with Crippen molar-refractivity contribution < 1.29 is 4.74 Å². The van der Waals surface area contributed by atoms with E-state index in [-0.39, 0.29) is 0 Å². The van der Waals surface area contributed by atoms with Crippen molar-refractivity contribution in [3.63, 3.8) is 0 Å². The summed E-state index contributed by atoms with van der Waals surface area (Å²) < 4.78 is 8.80. The Kier molecular flexibility index (Phi) is 4.27. The third-order valence-electron chi connectivity index (χ3n) is 4.24. The summed E-state index contributed by atoms with van der Waals surface area (Å²) in [5.74, 6) is 0.884. The number of benzene rings is 2. The molecule has 0 aliphatic rings. The lowest BCUT2D eigenvalue weighted by Crippen LogP contribution is -1.85. The summed E-state index contributed by atoms with van der Waals surface area (Å²) in [7, 11) is 3.78. The average molecular weight is 367 g/mol. The molecule has 0 saturated heterocycles. The van der Waals surface area contributed by atoms with Gasteiger partial charge in [0.25, 0.3) is 0 Å². The van der Waals surface area contributed by atoms with Crippen LogP contribution in [0.3, 0.4) is 0 Å². The molecule has 4 aromatic rings. The summed E-state index contributed by atoms with van der Waals surface area (Å²) in [6.45, 7) is 0. The fraction of sp³-hybridized carbons (Fsp3) is 0.150. The van der Waals surface area contributed by atoms with Crippen molar-refractivity contribution in [1.82, 2.24) is 9.55 Å². The highest BCUT2D eigenvalue weighted by Crippen LogP contribution is 2.35. The van der Waals surface area contributed by atoms with Crippen LogP contribution in [0.25, 0.3) is 33.3 Å². The minimum Gasteiger partial charge on any atom is -0.496 e. The van der Waals surface area contributed by atoms with E-state index in [9.17, 15) is 0 Å². The van der Waals surface area contributed by atoms with Crippen LogP contribution in [-0.2, 0) is 7.05 Å². The summed E-state index contributed by atoms with van der Waals surface area (Å²) >= 11 is 3.40. The van der Waals surface area contributed by atoms with E-state index in [4.69, 9.17) is 9.72 Å². The van der Waals surface area contributed by atoms with Gasteiger partial charge in [-0.3, -0.25) is 0 Å². The number of rotatable bonds is 4. The predicted molar refractivity (Wildman–Crippen MR) is 110 cm³/mol. The minimum absolute atomic E-state index is 0.884. The normalized spacial score (nSPS) is 11.8. The molecule has 2 aromatic heterocycles. The Labute approximate surface area is 155 Å². The molecule has 2 heterocycles. The van der Waals surface area contributed by atoms with Crippen LogP contribution in [0.1, 0.15) is 10.6 Å². The SMILES string of the molecule is COc1cc2nc(/C=C/c3cn(C)c4ccccc34)sc2cc1SC. The largest absolute Gasteiger partial charge is 0.496 e. The number of thioether (sulfide) groups is 1. The Morgan fingerprint density at radius 2 is 2.04 bits per heavy atom. The molecule has 25 heavy (non-hydrogen) atoms. The second-order valence-corrected chi connectivity index (χ2v) is 7.68. The van der Waals surface area contributed by atoms with Crippen molar-refractivity contribution >= 4 is 56.4 Å². The van der Waals surface area contributed by atoms with Gasteiger partial charge in [-0.05, 0) is 30.5 Å². The molecular formula is C20H18N2OS2. The molecule has 0 fully saturated rings. The summed E-state index contributed by atoms with van der Waals surface area (Å²) in [6.07, 6.45) is 8.46. The van der Waals surface area contributed by atoms with E-state index in [1.807, 2.05) is 6.07 Å². The van der Waals surface area contributed by atoms with Crippen molar-refractivity contribution in [2.75, 3.05) is 13.4 Å². The fourth-order valence-electron chi connectivity index (χ4n) is 3.01. The van der Waals surface area contributed by atoms with E-state index >= 15 is 0 Å². The lowest BCUT2D eigenvalue weighted by atomic mass is 10.1. The topological polar surface area (TPSA) is 27.1 Å². The maximum absolute atomic E-state index is 5.46. The number of hydrogen-bond donors (Lipinski definition) is 0. The molecule has 126 valence electrons. The standard InChI is InChI=1S/C20H18N2OS2/c1-22-12-13(14-6-4-5-7-16(14)22)8-9-20-21-15-10-17(23-2)19(24-3)11-18(15)25-20/h4-12H,1-3H3/b9-8+. The third-order valence-corrected chi connectivity index (χ3v) is 5.99. The molecule has 0 amide bonds. The minimum atomic E-state index is 0.884. The first-order valence-corrected chi connectivity index (χ1v) is 9.98. The molecule has 2 aromatic carbocycles. The molecule has 0 saturated carbocycles. The second-order valence-electron chi connectivity index (χ2n) is 5.77. The number of aromatic nitrogens is 2. The Balaban J connectivity index is 1.73. The van der Waals surface area contributed by atoms with Crippen LogP contribution in [0.4, 0.5) is 0 Å². The van der Waals surface area contributed by atoms with E-state index in [1.165, 1.54) is 21.2 Å². The summed E-state index contributed by atoms with van der Waals surface area (Å²) in [4.78, 5) is 5.88. The molecule has 5 heteroatoms. The highest BCUT2D eigenvalue weighted by molar-refractivity contribution is 7.98. The fourth-order valence-corrected chi connectivity index (χ4v) is 4.56. The van der Waals surface area contributed by atoms with Crippen LogP contribution >= 0.6 is 23.1 Å². The molecular weight excluding hydrogens is 348 g/mol. The van der Waals surface area contributed by atoms with Crippen LogP contribution in [0.2, 0.25) is 0 Å². The van der Waals surface area contributed by atoms with Gasteiger partial charge in [0.15, 0.2) is 0 Å². The number of methoxy groups -OCH3 is 1. The Morgan fingerprint density at radius 1 is 1.20 bits per heavy atom. The van der Waals surface area contributed by atoms with Crippen molar-refractivity contribution in [2.45, 2.75) is 4.90 Å². The number of para-hydroxylation sites is 1. The van der Waals surface area contributed by atoms with Gasteiger partial charge < -0.3 is 9.30 Å². The number of thiazole rings is 1. The zero-order valence-electron chi connectivity index (χ0n) is 14.3. The molecule has 0 atom stereocenters. The molecule has 0 radical (unpaired) electrons. The molecule has 0 unspecified atom stereocenters. The lowest BCUT2D eigenvalue weighted by molar-refractivity contribution is 0.405. The predicted octanol–water partition coefficient (Wildman–Crippen LogP) is 5.69. The molecule has 3 nitrogen and oxygen atoms in total. The van der Waals surface area contributed by atoms with E-state index in [0.29, 0.717) is 0 Å². The highest BCUT2D eigenvalue weighted by Gasteiger charge is 2.09. The third kappa shape index (κ3) is 2.94. The lowest BCUT2D eigenvalue weighted by Gasteiger charge is -2.04. The monoisotopic (exact) mass is 366 g/mol. The first-order chi connectivity index (χ1) is 12.2. The maximum Gasteiger partial charge on any atom is 0.134 e. The Bertz CT molecular complexity index is 1050. The molecule has 0 aliphatic carbocycles.